The van der Waals surface area contributed by atoms with E-state index in [0.29, 0.717) is 22.6 Å². The van der Waals surface area contributed by atoms with Crippen LogP contribution in [0.25, 0.3) is 22.2 Å². The molecule has 2 aromatic carbocycles. The fraction of sp³-hybridized carbons (Fsp3) is 0.143. The highest BCUT2D eigenvalue weighted by atomic mass is 32.2. The van der Waals surface area contributed by atoms with Crippen LogP contribution in [0.3, 0.4) is 0 Å². The molecule has 0 aliphatic heterocycles. The number of methoxy groups -OCH3 is 1. The topological polar surface area (TPSA) is 73.5 Å². The SMILES string of the molecule is CNCc1cn(S(=O)(=O)c2cc3ccccc3o2)c(-c2ccc(F)cc2F)c1OC. The number of benzene rings is 2. The molecule has 6 nitrogen and oxygen atoms in total. The molecule has 0 radical (unpaired) electrons. The Balaban J connectivity index is 2.00. The van der Waals surface area contributed by atoms with Crippen LogP contribution < -0.4 is 10.1 Å². The highest BCUT2D eigenvalue weighted by Gasteiger charge is 2.30. The Labute approximate surface area is 171 Å². The third-order valence-electron chi connectivity index (χ3n) is 4.67. The third kappa shape index (κ3) is 3.25. The maximum Gasteiger partial charge on any atom is 0.301 e. The second kappa shape index (κ2) is 7.58. The van der Waals surface area contributed by atoms with Crippen molar-refractivity contribution >= 4 is 21.0 Å². The van der Waals surface area contributed by atoms with E-state index in [1.165, 1.54) is 25.4 Å². The molecule has 9 heteroatoms. The summed E-state index contributed by atoms with van der Waals surface area (Å²) in [6, 6.07) is 11.2. The molecule has 0 bridgehead atoms. The zero-order chi connectivity index (χ0) is 21.5. The van der Waals surface area contributed by atoms with Crippen LogP contribution in [0.2, 0.25) is 0 Å². The molecule has 4 rings (SSSR count). The lowest BCUT2D eigenvalue weighted by molar-refractivity contribution is 0.410. The predicted molar refractivity (Wildman–Crippen MR) is 108 cm³/mol. The van der Waals surface area contributed by atoms with Crippen LogP contribution in [-0.4, -0.2) is 26.5 Å². The monoisotopic (exact) mass is 432 g/mol. The smallest absolute Gasteiger partial charge is 0.301 e. The van der Waals surface area contributed by atoms with Gasteiger partial charge in [-0.05, 0) is 25.2 Å². The zero-order valence-electron chi connectivity index (χ0n) is 16.1. The average Bonchev–Trinajstić information content (AvgIpc) is 3.30. The van der Waals surface area contributed by atoms with E-state index >= 15 is 0 Å². The lowest BCUT2D eigenvalue weighted by Gasteiger charge is -2.11. The van der Waals surface area contributed by atoms with Gasteiger partial charge in [-0.25, -0.2) is 12.8 Å². The molecule has 0 spiro atoms. The van der Waals surface area contributed by atoms with E-state index in [0.717, 1.165) is 10.0 Å². The Morgan fingerprint density at radius 1 is 1.13 bits per heavy atom. The van der Waals surface area contributed by atoms with Crippen molar-refractivity contribution < 1.29 is 26.4 Å². The summed E-state index contributed by atoms with van der Waals surface area (Å²) in [5.74, 6) is -1.53. The third-order valence-corrected chi connectivity index (χ3v) is 6.19. The lowest BCUT2D eigenvalue weighted by atomic mass is 10.1. The van der Waals surface area contributed by atoms with Crippen LogP contribution in [-0.2, 0) is 16.6 Å². The number of nitrogens with zero attached hydrogens (tertiary/aromatic N) is 1. The first-order valence-corrected chi connectivity index (χ1v) is 10.4. The largest absolute Gasteiger partial charge is 0.494 e. The molecule has 2 aromatic heterocycles. The fourth-order valence-corrected chi connectivity index (χ4v) is 4.71. The van der Waals surface area contributed by atoms with Crippen molar-refractivity contribution in [1.29, 1.82) is 0 Å². The number of rotatable bonds is 6. The molecule has 0 saturated heterocycles. The summed E-state index contributed by atoms with van der Waals surface area (Å²) in [6.07, 6.45) is 1.34. The van der Waals surface area contributed by atoms with E-state index < -0.39 is 21.7 Å². The van der Waals surface area contributed by atoms with E-state index in [1.807, 2.05) is 0 Å². The van der Waals surface area contributed by atoms with Crippen molar-refractivity contribution in [2.45, 2.75) is 11.6 Å². The molecule has 156 valence electrons. The van der Waals surface area contributed by atoms with Gasteiger partial charge in [0.05, 0.1) is 7.11 Å². The van der Waals surface area contributed by atoms with Gasteiger partial charge in [-0.1, -0.05) is 18.2 Å². The number of fused-ring (bicyclic) bond motifs is 1. The molecule has 0 aliphatic rings. The van der Waals surface area contributed by atoms with E-state index in [9.17, 15) is 17.2 Å². The number of ether oxygens (including phenoxy) is 1. The minimum absolute atomic E-state index is 0.0549. The Morgan fingerprint density at radius 3 is 2.57 bits per heavy atom. The molecule has 0 fully saturated rings. The van der Waals surface area contributed by atoms with E-state index in [1.54, 1.807) is 31.3 Å². The fourth-order valence-electron chi connectivity index (χ4n) is 3.35. The summed E-state index contributed by atoms with van der Waals surface area (Å²) in [5, 5.41) is 3.23. The quantitative estimate of drug-likeness (QED) is 0.496. The summed E-state index contributed by atoms with van der Waals surface area (Å²) in [5.41, 5.74) is 0.717. The van der Waals surface area contributed by atoms with Gasteiger partial charge in [0.15, 0.2) is 0 Å². The Morgan fingerprint density at radius 2 is 1.90 bits per heavy atom. The van der Waals surface area contributed by atoms with E-state index in [2.05, 4.69) is 5.32 Å². The minimum atomic E-state index is -4.25. The van der Waals surface area contributed by atoms with Gasteiger partial charge in [-0.3, -0.25) is 0 Å². The van der Waals surface area contributed by atoms with Crippen LogP contribution in [0.15, 0.2) is 64.2 Å². The maximum absolute atomic E-state index is 14.6. The normalized spacial score (nSPS) is 11.9. The first-order chi connectivity index (χ1) is 14.4. The molecule has 0 atom stereocenters. The summed E-state index contributed by atoms with van der Waals surface area (Å²) < 4.78 is 66.9. The van der Waals surface area contributed by atoms with E-state index in [4.69, 9.17) is 9.15 Å². The molecule has 2 heterocycles. The van der Waals surface area contributed by atoms with Crippen LogP contribution in [0.1, 0.15) is 5.56 Å². The summed E-state index contributed by atoms with van der Waals surface area (Å²) >= 11 is 0. The maximum atomic E-state index is 14.6. The summed E-state index contributed by atoms with van der Waals surface area (Å²) in [7, 11) is -1.21. The van der Waals surface area contributed by atoms with Crippen LogP contribution in [0, 0.1) is 11.6 Å². The van der Waals surface area contributed by atoms with Crippen molar-refractivity contribution in [2.75, 3.05) is 14.2 Å². The number of hydrogen-bond acceptors (Lipinski definition) is 5. The van der Waals surface area contributed by atoms with Crippen LogP contribution in [0.5, 0.6) is 5.75 Å². The number of hydrogen-bond donors (Lipinski definition) is 1. The van der Waals surface area contributed by atoms with Gasteiger partial charge in [-0.15, -0.1) is 0 Å². The van der Waals surface area contributed by atoms with Gasteiger partial charge in [0.2, 0.25) is 5.09 Å². The molecule has 0 amide bonds. The molecular weight excluding hydrogens is 414 g/mol. The van der Waals surface area contributed by atoms with Gasteiger partial charge in [0.1, 0.15) is 28.7 Å². The molecule has 0 unspecified atom stereocenters. The van der Waals surface area contributed by atoms with Crippen molar-refractivity contribution in [3.63, 3.8) is 0 Å². The van der Waals surface area contributed by atoms with Crippen molar-refractivity contribution in [3.8, 4) is 17.0 Å². The van der Waals surface area contributed by atoms with Gasteiger partial charge < -0.3 is 14.5 Å². The molecule has 30 heavy (non-hydrogen) atoms. The Kier molecular flexibility index (Phi) is 5.08. The number of aromatic nitrogens is 1. The zero-order valence-corrected chi connectivity index (χ0v) is 17.0. The van der Waals surface area contributed by atoms with Gasteiger partial charge in [0.25, 0.3) is 0 Å². The van der Waals surface area contributed by atoms with Crippen molar-refractivity contribution in [2.24, 2.45) is 0 Å². The average molecular weight is 432 g/mol. The van der Waals surface area contributed by atoms with Gasteiger partial charge >= 0.3 is 10.0 Å². The molecule has 4 aromatic rings. The highest BCUT2D eigenvalue weighted by Crippen LogP contribution is 2.39. The second-order valence-corrected chi connectivity index (χ2v) is 8.34. The first-order valence-electron chi connectivity index (χ1n) is 8.99. The second-order valence-electron chi connectivity index (χ2n) is 6.59. The van der Waals surface area contributed by atoms with Crippen molar-refractivity contribution in [1.82, 2.24) is 9.29 Å². The number of para-hydroxylation sites is 1. The van der Waals surface area contributed by atoms with E-state index in [-0.39, 0.29) is 28.6 Å². The summed E-state index contributed by atoms with van der Waals surface area (Å²) in [6.45, 7) is 0.266. The molecule has 0 saturated carbocycles. The molecule has 1 N–H and O–H groups in total. The number of nitrogens with one attached hydrogen (secondary N) is 1. The lowest BCUT2D eigenvalue weighted by Crippen LogP contribution is -2.13. The van der Waals surface area contributed by atoms with Crippen LogP contribution >= 0.6 is 0 Å². The highest BCUT2D eigenvalue weighted by molar-refractivity contribution is 7.89. The Hall–Kier alpha value is -3.17. The van der Waals surface area contributed by atoms with Crippen LogP contribution in [0.4, 0.5) is 8.78 Å². The van der Waals surface area contributed by atoms with Crippen molar-refractivity contribution in [3.05, 3.63) is 71.9 Å². The summed E-state index contributed by atoms with van der Waals surface area (Å²) in [4.78, 5) is 0. The number of halogens is 2. The first kappa shape index (κ1) is 20.1. The predicted octanol–water partition coefficient (Wildman–Crippen LogP) is 4.14. The number of furan rings is 1. The van der Waals surface area contributed by atoms with Gasteiger partial charge in [0, 0.05) is 41.4 Å². The Bertz CT molecular complexity index is 1310. The standard InChI is InChI=1S/C21H18F2N2O4S/c1-24-11-14-12-25(20(21(14)28-2)16-8-7-15(22)10-17(16)23)30(26,27)19-9-13-5-3-4-6-18(13)29-19/h3-10,12,24H,11H2,1-2H3. The minimum Gasteiger partial charge on any atom is -0.494 e. The molecule has 0 aliphatic carbocycles. The van der Waals surface area contributed by atoms with Gasteiger partial charge in [-0.2, -0.15) is 8.42 Å². The molecular formula is C21H18F2N2O4S.